The first-order valence-electron chi connectivity index (χ1n) is 11.7. The highest BCUT2D eigenvalue weighted by Gasteiger charge is 2.31. The SMILES string of the molecule is CCCNC(=O)CN1CCC(NC(=O)c2ccc(S(=O)(=O)N3CCCCC3C)cc2)CC1. The van der Waals surface area contributed by atoms with Gasteiger partial charge in [-0.2, -0.15) is 4.31 Å². The smallest absolute Gasteiger partial charge is 0.251 e. The average molecular weight is 465 g/mol. The maximum absolute atomic E-state index is 13.0. The first-order chi connectivity index (χ1) is 15.3. The number of piperidine rings is 2. The number of likely N-dealkylation sites (tertiary alicyclic amines) is 1. The highest BCUT2D eigenvalue weighted by molar-refractivity contribution is 7.89. The van der Waals surface area contributed by atoms with Crippen LogP contribution >= 0.6 is 0 Å². The summed E-state index contributed by atoms with van der Waals surface area (Å²) in [5.74, 6) is -0.150. The molecule has 2 aliphatic heterocycles. The van der Waals surface area contributed by atoms with Gasteiger partial charge in [0.25, 0.3) is 5.91 Å². The van der Waals surface area contributed by atoms with Crippen LogP contribution in [0.2, 0.25) is 0 Å². The zero-order valence-corrected chi connectivity index (χ0v) is 20.0. The van der Waals surface area contributed by atoms with Crippen LogP contribution in [-0.4, -0.2) is 74.2 Å². The Morgan fingerprint density at radius 2 is 1.72 bits per heavy atom. The van der Waals surface area contributed by atoms with Gasteiger partial charge in [-0.25, -0.2) is 8.42 Å². The number of rotatable bonds is 8. The van der Waals surface area contributed by atoms with Crippen molar-refractivity contribution in [3.05, 3.63) is 29.8 Å². The lowest BCUT2D eigenvalue weighted by molar-refractivity contribution is -0.122. The quantitative estimate of drug-likeness (QED) is 0.613. The Morgan fingerprint density at radius 1 is 1.03 bits per heavy atom. The van der Waals surface area contributed by atoms with Crippen molar-refractivity contribution in [2.45, 2.75) is 69.4 Å². The lowest BCUT2D eigenvalue weighted by Crippen LogP contribution is -2.47. The fourth-order valence-electron chi connectivity index (χ4n) is 4.37. The summed E-state index contributed by atoms with van der Waals surface area (Å²) in [4.78, 5) is 26.9. The Kier molecular flexibility index (Phi) is 8.67. The number of nitrogens with zero attached hydrogens (tertiary/aromatic N) is 2. The first kappa shape index (κ1) is 24.7. The second kappa shape index (κ2) is 11.2. The molecule has 2 aliphatic rings. The van der Waals surface area contributed by atoms with Crippen LogP contribution in [0.15, 0.2) is 29.2 Å². The maximum atomic E-state index is 13.0. The second-order valence-corrected chi connectivity index (χ2v) is 10.7. The van der Waals surface area contributed by atoms with Crippen LogP contribution in [0.5, 0.6) is 0 Å². The van der Waals surface area contributed by atoms with E-state index in [1.807, 2.05) is 13.8 Å². The number of hydrogen-bond donors (Lipinski definition) is 2. The lowest BCUT2D eigenvalue weighted by atomic mass is 10.0. The lowest BCUT2D eigenvalue weighted by Gasteiger charge is -2.32. The van der Waals surface area contributed by atoms with E-state index in [0.717, 1.165) is 51.6 Å². The highest BCUT2D eigenvalue weighted by atomic mass is 32.2. The fraction of sp³-hybridized carbons (Fsp3) is 0.652. The van der Waals surface area contributed by atoms with E-state index in [-0.39, 0.29) is 28.8 Å². The first-order valence-corrected chi connectivity index (χ1v) is 13.2. The third-order valence-corrected chi connectivity index (χ3v) is 8.36. The van der Waals surface area contributed by atoms with Crippen LogP contribution < -0.4 is 10.6 Å². The predicted octanol–water partition coefficient (Wildman–Crippen LogP) is 1.97. The summed E-state index contributed by atoms with van der Waals surface area (Å²) in [5.41, 5.74) is 0.456. The van der Waals surface area contributed by atoms with Gasteiger partial charge in [0.1, 0.15) is 0 Å². The molecular formula is C23H36N4O4S. The molecule has 0 spiro atoms. The molecule has 2 fully saturated rings. The van der Waals surface area contributed by atoms with Gasteiger partial charge in [0, 0.05) is 43.8 Å². The van der Waals surface area contributed by atoms with Crippen molar-refractivity contribution in [3.8, 4) is 0 Å². The summed E-state index contributed by atoms with van der Waals surface area (Å²) in [6.07, 6.45) is 5.30. The molecule has 32 heavy (non-hydrogen) atoms. The van der Waals surface area contributed by atoms with E-state index < -0.39 is 10.0 Å². The van der Waals surface area contributed by atoms with E-state index in [1.54, 1.807) is 16.4 Å². The predicted molar refractivity (Wildman–Crippen MR) is 124 cm³/mol. The van der Waals surface area contributed by atoms with Crippen molar-refractivity contribution in [3.63, 3.8) is 0 Å². The number of carbonyl (C=O) groups excluding carboxylic acids is 2. The van der Waals surface area contributed by atoms with Crippen LogP contribution in [0, 0.1) is 0 Å². The summed E-state index contributed by atoms with van der Waals surface area (Å²) in [6, 6.07) is 6.29. The molecule has 2 heterocycles. The Hall–Kier alpha value is -1.97. The highest BCUT2D eigenvalue weighted by Crippen LogP contribution is 2.25. The number of nitrogens with one attached hydrogen (secondary N) is 2. The van der Waals surface area contributed by atoms with Gasteiger partial charge in [-0.3, -0.25) is 14.5 Å². The van der Waals surface area contributed by atoms with Crippen LogP contribution in [0.1, 0.15) is 62.7 Å². The van der Waals surface area contributed by atoms with Gasteiger partial charge < -0.3 is 10.6 Å². The molecule has 0 radical (unpaired) electrons. The van der Waals surface area contributed by atoms with Crippen LogP contribution in [0.25, 0.3) is 0 Å². The zero-order valence-electron chi connectivity index (χ0n) is 19.2. The minimum absolute atomic E-state index is 0.000289. The van der Waals surface area contributed by atoms with Crippen molar-refractivity contribution in [1.82, 2.24) is 19.8 Å². The summed E-state index contributed by atoms with van der Waals surface area (Å²) in [5, 5.41) is 5.93. The molecule has 0 bridgehead atoms. The summed E-state index contributed by atoms with van der Waals surface area (Å²) in [7, 11) is -3.54. The molecule has 1 aromatic rings. The molecule has 0 aliphatic carbocycles. The Labute approximate surface area is 191 Å². The number of sulfonamides is 1. The number of hydrogen-bond acceptors (Lipinski definition) is 5. The van der Waals surface area contributed by atoms with Crippen molar-refractivity contribution < 1.29 is 18.0 Å². The van der Waals surface area contributed by atoms with Crippen LogP contribution in [0.3, 0.4) is 0 Å². The van der Waals surface area contributed by atoms with Gasteiger partial charge in [-0.15, -0.1) is 0 Å². The molecule has 1 atom stereocenters. The standard InChI is InChI=1S/C23H36N4O4S/c1-3-13-24-22(28)17-26-15-11-20(12-16-26)25-23(29)19-7-9-21(10-8-19)32(30,31)27-14-5-4-6-18(27)2/h7-10,18,20H,3-6,11-17H2,1-2H3,(H,24,28)(H,25,29). The van der Waals surface area contributed by atoms with E-state index in [4.69, 9.17) is 0 Å². The molecule has 3 rings (SSSR count). The zero-order chi connectivity index (χ0) is 23.1. The van der Waals surface area contributed by atoms with Gasteiger partial charge in [0.15, 0.2) is 0 Å². The monoisotopic (exact) mass is 464 g/mol. The summed E-state index contributed by atoms with van der Waals surface area (Å²) in [6.45, 7) is 7.13. The van der Waals surface area contributed by atoms with Gasteiger partial charge >= 0.3 is 0 Å². The van der Waals surface area contributed by atoms with Crippen molar-refractivity contribution in [2.75, 3.05) is 32.7 Å². The Bertz CT molecular complexity index is 880. The largest absolute Gasteiger partial charge is 0.355 e. The molecule has 2 N–H and O–H groups in total. The molecule has 2 amide bonds. The van der Waals surface area contributed by atoms with E-state index in [1.165, 1.54) is 12.1 Å². The topological polar surface area (TPSA) is 98.8 Å². The Morgan fingerprint density at radius 3 is 2.34 bits per heavy atom. The van der Waals surface area contributed by atoms with Crippen LogP contribution in [-0.2, 0) is 14.8 Å². The average Bonchev–Trinajstić information content (AvgIpc) is 2.79. The third kappa shape index (κ3) is 6.30. The van der Waals surface area contributed by atoms with Crippen molar-refractivity contribution in [1.29, 1.82) is 0 Å². The van der Waals surface area contributed by atoms with Gasteiger partial charge in [0.2, 0.25) is 15.9 Å². The number of amides is 2. The third-order valence-electron chi connectivity index (χ3n) is 6.33. The molecule has 1 unspecified atom stereocenters. The van der Waals surface area contributed by atoms with Crippen molar-refractivity contribution >= 4 is 21.8 Å². The Balaban J connectivity index is 1.51. The number of benzene rings is 1. The van der Waals surface area contributed by atoms with Gasteiger partial charge in [-0.05, 0) is 63.3 Å². The molecule has 0 saturated carbocycles. The van der Waals surface area contributed by atoms with E-state index >= 15 is 0 Å². The molecule has 9 heteroatoms. The minimum Gasteiger partial charge on any atom is -0.355 e. The molecule has 178 valence electrons. The fourth-order valence-corrected chi connectivity index (χ4v) is 6.07. The van der Waals surface area contributed by atoms with Crippen LogP contribution in [0.4, 0.5) is 0 Å². The van der Waals surface area contributed by atoms with E-state index in [0.29, 0.717) is 25.2 Å². The summed E-state index contributed by atoms with van der Waals surface area (Å²) >= 11 is 0. The number of carbonyl (C=O) groups is 2. The molecule has 1 aromatic carbocycles. The molecule has 8 nitrogen and oxygen atoms in total. The molecule has 2 saturated heterocycles. The normalized spacial score (nSPS) is 21.2. The van der Waals surface area contributed by atoms with Crippen molar-refractivity contribution in [2.24, 2.45) is 0 Å². The maximum Gasteiger partial charge on any atom is 0.251 e. The summed E-state index contributed by atoms with van der Waals surface area (Å²) < 4.78 is 27.5. The van der Waals surface area contributed by atoms with E-state index in [9.17, 15) is 18.0 Å². The second-order valence-electron chi connectivity index (χ2n) is 8.86. The van der Waals surface area contributed by atoms with E-state index in [2.05, 4.69) is 15.5 Å². The molecule has 0 aromatic heterocycles. The van der Waals surface area contributed by atoms with Gasteiger partial charge in [-0.1, -0.05) is 13.3 Å². The molecular weight excluding hydrogens is 428 g/mol. The minimum atomic E-state index is -3.54. The van der Waals surface area contributed by atoms with Gasteiger partial charge in [0.05, 0.1) is 11.4 Å².